The first-order chi connectivity index (χ1) is 4.00. The summed E-state index contributed by atoms with van der Waals surface area (Å²) in [6.45, 7) is 0. The Labute approximate surface area is 175 Å². The second-order valence-electron chi connectivity index (χ2n) is 0.816. The van der Waals surface area contributed by atoms with Crippen LogP contribution in [0.3, 0.4) is 0 Å². The fourth-order valence-electron chi connectivity index (χ4n) is 0. The zero-order valence-electron chi connectivity index (χ0n) is 7.38. The van der Waals surface area contributed by atoms with E-state index in [0.717, 1.165) is 0 Å². The van der Waals surface area contributed by atoms with Crippen LogP contribution in [0.25, 0.3) is 0 Å². The van der Waals surface area contributed by atoms with E-state index in [4.69, 9.17) is 25.9 Å². The molecule has 0 rings (SSSR count). The maximum Gasteiger partial charge on any atom is 1.00 e. The van der Waals surface area contributed by atoms with Gasteiger partial charge in [-0.1, -0.05) is 0 Å². The van der Waals surface area contributed by atoms with Crippen molar-refractivity contribution in [2.75, 3.05) is 0 Å². The average molecular weight is 401 g/mol. The van der Waals surface area contributed by atoms with Gasteiger partial charge in [0.05, 0.1) is 0 Å². The third kappa shape index (κ3) is 209. The van der Waals surface area contributed by atoms with Crippen LogP contribution >= 0.6 is 0 Å². The Bertz CT molecular complexity index is 221. The van der Waals surface area contributed by atoms with E-state index >= 15 is 0 Å². The van der Waals surface area contributed by atoms with Crippen molar-refractivity contribution in [2.45, 2.75) is 0 Å². The zero-order valence-corrected chi connectivity index (χ0v) is 18.1. The van der Waals surface area contributed by atoms with Crippen LogP contribution in [-0.4, -0.2) is 25.9 Å². The van der Waals surface area contributed by atoms with E-state index in [2.05, 4.69) is 23.3 Å². The summed E-state index contributed by atoms with van der Waals surface area (Å²) in [6.07, 6.45) is 0. The number of hydrogen-bond acceptors (Lipinski definition) is 8. The summed E-state index contributed by atoms with van der Waals surface area (Å²) in [4.78, 5) is 0. The van der Waals surface area contributed by atoms with Gasteiger partial charge in [0, 0.05) is 0 Å². The molecular weight excluding hydrogens is 401 g/mol. The van der Waals surface area contributed by atoms with E-state index in [1.807, 2.05) is 0 Å². The fraction of sp³-hybridized carbons (Fsp3) is 0. The topological polar surface area (TPSA) is 114 Å². The Balaban J connectivity index is -0.0000000178. The molecule has 0 N–H and O–H groups in total. The molecule has 0 bridgehead atoms. The predicted octanol–water partition coefficient (Wildman–Crippen LogP) is -11.0. The summed E-state index contributed by atoms with van der Waals surface area (Å²) in [5.74, 6) is 0. The molecule has 0 fully saturated rings. The van der Waals surface area contributed by atoms with E-state index in [1.54, 1.807) is 0 Å². The summed E-state index contributed by atoms with van der Waals surface area (Å²) in [7, 11) is -8.67. The van der Waals surface area contributed by atoms with E-state index in [-0.39, 0.29) is 111 Å². The van der Waals surface area contributed by atoms with Crippen molar-refractivity contribution < 1.29 is 137 Å². The van der Waals surface area contributed by atoms with Gasteiger partial charge >= 0.3 is 111 Å². The molecule has 0 saturated heterocycles. The minimum atomic E-state index is -4.33. The van der Waals surface area contributed by atoms with Crippen molar-refractivity contribution in [3.63, 3.8) is 0 Å². The molecule has 0 atom stereocenters. The molecule has 14 heavy (non-hydrogen) atoms. The van der Waals surface area contributed by atoms with Gasteiger partial charge < -0.3 is 32.4 Å². The van der Waals surface area contributed by atoms with Crippen LogP contribution in [0.4, 0.5) is 0 Å². The van der Waals surface area contributed by atoms with Crippen molar-refractivity contribution >= 4 is 41.6 Å². The number of hydrogen-bond donors (Lipinski definition) is 0. The number of rotatable bonds is 0. The molecule has 6 nitrogen and oxygen atoms in total. The maximum atomic E-state index is 8.89. The first-order valence-corrected chi connectivity index (χ1v) is 6.00. The molecule has 0 radical (unpaired) electrons. The van der Waals surface area contributed by atoms with E-state index in [1.165, 1.54) is 0 Å². The van der Waals surface area contributed by atoms with Crippen molar-refractivity contribution in [1.29, 1.82) is 0 Å². The second kappa shape index (κ2) is 17.3. The smallest absolute Gasteiger partial charge is 0.768 e. The van der Waals surface area contributed by atoms with Crippen LogP contribution in [0.5, 0.6) is 0 Å². The molecule has 0 aromatic rings. The van der Waals surface area contributed by atoms with Crippen LogP contribution in [0.1, 0.15) is 0 Å². The van der Waals surface area contributed by atoms with Gasteiger partial charge in [-0.3, -0.25) is 16.8 Å². The molecule has 0 saturated carbocycles. The minimum Gasteiger partial charge on any atom is -0.768 e. The third-order valence-electron chi connectivity index (χ3n) is 0. The second-order valence-corrected chi connectivity index (χ2v) is 4.90. The molecule has 0 heterocycles. The minimum absolute atomic E-state index is 0. The van der Waals surface area contributed by atoms with Crippen LogP contribution in [0.2, 0.25) is 0 Å². The quantitative estimate of drug-likeness (QED) is 0.170. The molecule has 0 aromatic heterocycles. The molecule has 0 aliphatic rings. The van der Waals surface area contributed by atoms with Gasteiger partial charge in [-0.05, 0) is 18.3 Å². The Hall–Kier alpha value is 4.26. The molecular formula is AgNa3O6S4. The summed E-state index contributed by atoms with van der Waals surface area (Å²) in [5.41, 5.74) is 0. The van der Waals surface area contributed by atoms with E-state index in [0.29, 0.717) is 0 Å². The first kappa shape index (κ1) is 36.2. The third-order valence-corrected chi connectivity index (χ3v) is 0. The Morgan fingerprint density at radius 3 is 0.714 bits per heavy atom. The van der Waals surface area contributed by atoms with Crippen molar-refractivity contribution in [3.8, 4) is 0 Å². The fourth-order valence-corrected chi connectivity index (χ4v) is 0. The van der Waals surface area contributed by atoms with Gasteiger partial charge in [0.15, 0.2) is 0 Å². The van der Waals surface area contributed by atoms with Crippen LogP contribution in [-0.2, 0) is 64.0 Å². The molecule has 0 aliphatic carbocycles. The van der Waals surface area contributed by atoms with Gasteiger partial charge in [-0.2, -0.15) is 0 Å². The van der Waals surface area contributed by atoms with Crippen molar-refractivity contribution in [2.24, 2.45) is 0 Å². The predicted molar refractivity (Wildman–Crippen MR) is 34.1 cm³/mol. The Kier molecular flexibility index (Phi) is 44.6. The molecule has 0 spiro atoms. The molecule has 74 valence electrons. The van der Waals surface area contributed by atoms with Gasteiger partial charge in [0.25, 0.3) is 0 Å². The normalized spacial score (nSPS) is 8.29. The van der Waals surface area contributed by atoms with Gasteiger partial charge in [0.2, 0.25) is 0 Å². The molecule has 0 unspecified atom stereocenters. The van der Waals surface area contributed by atoms with Crippen LogP contribution in [0.15, 0.2) is 0 Å². The summed E-state index contributed by atoms with van der Waals surface area (Å²) in [6, 6.07) is 0. The standard InChI is InChI=1S/Ag.3Na.2H2O3S2/c;;;;2*1-5(2,3)4/h;;;;2*(H2,1,2,3,4)/q4*+1;;/p-4. The van der Waals surface area contributed by atoms with Gasteiger partial charge in [-0.25, -0.2) is 0 Å². The summed E-state index contributed by atoms with van der Waals surface area (Å²) >= 11 is 6.49. The van der Waals surface area contributed by atoms with Crippen molar-refractivity contribution in [1.82, 2.24) is 0 Å². The van der Waals surface area contributed by atoms with E-state index in [9.17, 15) is 0 Å². The van der Waals surface area contributed by atoms with E-state index < -0.39 is 18.3 Å². The van der Waals surface area contributed by atoms with Gasteiger partial charge in [-0.15, -0.1) is 0 Å². The molecule has 0 aliphatic heterocycles. The maximum absolute atomic E-state index is 8.89. The van der Waals surface area contributed by atoms with Gasteiger partial charge in [0.1, 0.15) is 0 Å². The molecule has 0 aromatic carbocycles. The Morgan fingerprint density at radius 1 is 0.714 bits per heavy atom. The van der Waals surface area contributed by atoms with Crippen LogP contribution in [0, 0.1) is 0 Å². The zero-order chi connectivity index (χ0) is 9.00. The Morgan fingerprint density at radius 2 is 0.714 bits per heavy atom. The first-order valence-electron chi connectivity index (χ1n) is 1.33. The monoisotopic (exact) mass is 400 g/mol. The summed E-state index contributed by atoms with van der Waals surface area (Å²) < 4.78 is 53.3. The average Bonchev–Trinajstić information content (AvgIpc) is 1.12. The largest absolute Gasteiger partial charge is 1.00 e. The van der Waals surface area contributed by atoms with Crippen LogP contribution < -0.4 is 88.7 Å². The summed E-state index contributed by atoms with van der Waals surface area (Å²) in [5, 5.41) is 0. The van der Waals surface area contributed by atoms with Crippen molar-refractivity contribution in [3.05, 3.63) is 0 Å². The SMILES string of the molecule is O=S(=O)([O-])[S-].O=S(=O)([O-])[S-].[Ag+].[Na+].[Na+].[Na+]. The molecule has 14 heteroatoms. The molecule has 0 amide bonds.